The minimum atomic E-state index is -4.01. The molecular formula is C11H12N4O4S2. The van der Waals surface area contributed by atoms with Gasteiger partial charge in [-0.2, -0.15) is 0 Å². The van der Waals surface area contributed by atoms with E-state index >= 15 is 0 Å². The Labute approximate surface area is 124 Å². The molecule has 0 atom stereocenters. The number of thiazole rings is 1. The zero-order chi connectivity index (χ0) is 15.5. The maximum atomic E-state index is 12.1. The van der Waals surface area contributed by atoms with Crippen molar-refractivity contribution in [2.45, 2.75) is 11.3 Å². The Balaban J connectivity index is 2.19. The molecule has 0 saturated carbocycles. The molecule has 0 bridgehead atoms. The van der Waals surface area contributed by atoms with Crippen molar-refractivity contribution in [1.82, 2.24) is 9.71 Å². The van der Waals surface area contributed by atoms with E-state index < -0.39 is 25.5 Å². The van der Waals surface area contributed by atoms with Crippen LogP contribution < -0.4 is 10.5 Å². The zero-order valence-corrected chi connectivity index (χ0v) is 12.4. The summed E-state index contributed by atoms with van der Waals surface area (Å²) in [6.07, 6.45) is 0.402. The minimum Gasteiger partial charge on any atom is -0.399 e. The van der Waals surface area contributed by atoms with E-state index in [1.807, 2.05) is 0 Å². The molecule has 0 spiro atoms. The summed E-state index contributed by atoms with van der Waals surface area (Å²) in [5, 5.41) is 12.7. The summed E-state index contributed by atoms with van der Waals surface area (Å²) in [7, 11) is -4.01. The number of nitrogen functional groups attached to an aromatic ring is 1. The second kappa shape index (κ2) is 6.16. The van der Waals surface area contributed by atoms with E-state index in [1.54, 1.807) is 10.9 Å². The Morgan fingerprint density at radius 2 is 2.19 bits per heavy atom. The van der Waals surface area contributed by atoms with Gasteiger partial charge in [0, 0.05) is 30.1 Å². The van der Waals surface area contributed by atoms with Crippen LogP contribution in [0.3, 0.4) is 0 Å². The van der Waals surface area contributed by atoms with Crippen LogP contribution >= 0.6 is 11.3 Å². The number of nitrogens with two attached hydrogens (primary N) is 1. The lowest BCUT2D eigenvalue weighted by molar-refractivity contribution is -0.387. The van der Waals surface area contributed by atoms with Gasteiger partial charge in [-0.3, -0.25) is 10.1 Å². The molecule has 0 aliphatic carbocycles. The SMILES string of the molecule is Nc1ccc([N+](=O)[O-])c(S(=O)(=O)NCCc2cscn2)c1. The molecule has 8 nitrogen and oxygen atoms in total. The fraction of sp³-hybridized carbons (Fsp3) is 0.182. The molecule has 2 rings (SSSR count). The number of nitro benzene ring substituents is 1. The molecule has 0 radical (unpaired) electrons. The molecule has 0 aliphatic heterocycles. The second-order valence-electron chi connectivity index (χ2n) is 4.11. The highest BCUT2D eigenvalue weighted by Gasteiger charge is 2.25. The van der Waals surface area contributed by atoms with Crippen molar-refractivity contribution in [2.75, 3.05) is 12.3 Å². The number of nitrogens with one attached hydrogen (secondary N) is 1. The molecule has 1 aromatic heterocycles. The maximum absolute atomic E-state index is 12.1. The first-order valence-corrected chi connectivity index (χ1v) is 8.23. The Morgan fingerprint density at radius 1 is 1.43 bits per heavy atom. The van der Waals surface area contributed by atoms with E-state index in [0.717, 1.165) is 17.8 Å². The molecule has 0 amide bonds. The van der Waals surface area contributed by atoms with Gasteiger partial charge in [-0.15, -0.1) is 11.3 Å². The first-order valence-electron chi connectivity index (χ1n) is 5.81. The van der Waals surface area contributed by atoms with Crippen LogP contribution in [0.25, 0.3) is 0 Å². The summed E-state index contributed by atoms with van der Waals surface area (Å²) >= 11 is 1.41. The van der Waals surface area contributed by atoms with Gasteiger partial charge in [0.05, 0.1) is 16.1 Å². The molecule has 3 N–H and O–H groups in total. The number of anilines is 1. The summed E-state index contributed by atoms with van der Waals surface area (Å²) in [5.74, 6) is 0. The van der Waals surface area contributed by atoms with E-state index in [1.165, 1.54) is 17.4 Å². The van der Waals surface area contributed by atoms with Crippen molar-refractivity contribution in [3.8, 4) is 0 Å². The summed E-state index contributed by atoms with van der Waals surface area (Å²) in [6.45, 7) is 0.0953. The van der Waals surface area contributed by atoms with Crippen molar-refractivity contribution in [2.24, 2.45) is 0 Å². The quantitative estimate of drug-likeness (QED) is 0.465. The van der Waals surface area contributed by atoms with Gasteiger partial charge in [0.2, 0.25) is 10.0 Å². The lowest BCUT2D eigenvalue weighted by atomic mass is 10.3. The molecule has 0 saturated heterocycles. The predicted octanol–water partition coefficient (Wildman–Crippen LogP) is 1.15. The first kappa shape index (κ1) is 15.4. The van der Waals surface area contributed by atoms with Gasteiger partial charge < -0.3 is 5.73 Å². The molecule has 1 aromatic carbocycles. The van der Waals surface area contributed by atoms with E-state index in [9.17, 15) is 18.5 Å². The van der Waals surface area contributed by atoms with Gasteiger partial charge in [0.25, 0.3) is 5.69 Å². The zero-order valence-electron chi connectivity index (χ0n) is 10.7. The molecule has 0 fully saturated rings. The van der Waals surface area contributed by atoms with Crippen molar-refractivity contribution < 1.29 is 13.3 Å². The monoisotopic (exact) mass is 328 g/mol. The Morgan fingerprint density at radius 3 is 2.81 bits per heavy atom. The van der Waals surface area contributed by atoms with Crippen molar-refractivity contribution in [1.29, 1.82) is 0 Å². The van der Waals surface area contributed by atoms with E-state index in [-0.39, 0.29) is 12.2 Å². The summed E-state index contributed by atoms with van der Waals surface area (Å²) in [4.78, 5) is 13.7. The number of aromatic nitrogens is 1. The number of hydrogen-bond donors (Lipinski definition) is 2. The van der Waals surface area contributed by atoms with Crippen LogP contribution in [0.4, 0.5) is 11.4 Å². The average Bonchev–Trinajstić information content (AvgIpc) is 2.91. The van der Waals surface area contributed by atoms with Gasteiger partial charge >= 0.3 is 0 Å². The summed E-state index contributed by atoms with van der Waals surface area (Å²) < 4.78 is 26.6. The van der Waals surface area contributed by atoms with Gasteiger partial charge in [0.1, 0.15) is 0 Å². The van der Waals surface area contributed by atoms with Gasteiger partial charge in [-0.1, -0.05) is 0 Å². The van der Waals surface area contributed by atoms with Gasteiger partial charge in [-0.05, 0) is 12.1 Å². The lowest BCUT2D eigenvalue weighted by Crippen LogP contribution is -2.26. The van der Waals surface area contributed by atoms with Crippen molar-refractivity contribution >= 4 is 32.7 Å². The Hall–Kier alpha value is -2.04. The normalized spacial score (nSPS) is 11.4. The summed E-state index contributed by atoms with van der Waals surface area (Å²) in [6, 6.07) is 3.43. The Bertz CT molecular complexity index is 744. The molecule has 21 heavy (non-hydrogen) atoms. The second-order valence-corrected chi connectivity index (χ2v) is 6.57. The number of benzene rings is 1. The van der Waals surface area contributed by atoms with Crippen LogP contribution in [-0.2, 0) is 16.4 Å². The lowest BCUT2D eigenvalue weighted by Gasteiger charge is -2.07. The number of rotatable bonds is 6. The van der Waals surface area contributed by atoms with E-state index in [2.05, 4.69) is 9.71 Å². The van der Waals surface area contributed by atoms with Crippen LogP contribution in [0.15, 0.2) is 34.0 Å². The van der Waals surface area contributed by atoms with Crippen LogP contribution in [0.2, 0.25) is 0 Å². The predicted molar refractivity (Wildman–Crippen MR) is 78.5 cm³/mol. The highest BCUT2D eigenvalue weighted by molar-refractivity contribution is 7.89. The van der Waals surface area contributed by atoms with Gasteiger partial charge in [-0.25, -0.2) is 18.1 Å². The molecule has 2 aromatic rings. The third-order valence-corrected chi connectivity index (χ3v) is 4.75. The third kappa shape index (κ3) is 3.74. The third-order valence-electron chi connectivity index (χ3n) is 2.63. The molecule has 10 heteroatoms. The number of nitro groups is 1. The fourth-order valence-electron chi connectivity index (χ4n) is 1.65. The van der Waals surface area contributed by atoms with Crippen molar-refractivity contribution in [3.05, 3.63) is 44.9 Å². The first-order chi connectivity index (χ1) is 9.90. The molecule has 1 heterocycles. The minimum absolute atomic E-state index is 0.0953. The van der Waals surface area contributed by atoms with Crippen LogP contribution in [0.1, 0.15) is 5.69 Å². The van der Waals surface area contributed by atoms with Crippen LogP contribution in [0, 0.1) is 10.1 Å². The standard InChI is InChI=1S/C11H12N4O4S2/c12-8-1-2-10(15(16)17)11(5-8)21(18,19)14-4-3-9-6-20-7-13-9/h1-2,5-7,14H,3-4,12H2. The Kier molecular flexibility index (Phi) is 4.50. The average molecular weight is 328 g/mol. The molecule has 112 valence electrons. The highest BCUT2D eigenvalue weighted by atomic mass is 32.2. The van der Waals surface area contributed by atoms with Gasteiger partial charge in [0.15, 0.2) is 4.90 Å². The van der Waals surface area contributed by atoms with Crippen molar-refractivity contribution in [3.63, 3.8) is 0 Å². The molecular weight excluding hydrogens is 316 g/mol. The number of nitrogens with zero attached hydrogens (tertiary/aromatic N) is 2. The highest BCUT2D eigenvalue weighted by Crippen LogP contribution is 2.25. The molecule has 0 unspecified atom stereocenters. The number of sulfonamides is 1. The topological polar surface area (TPSA) is 128 Å². The van der Waals surface area contributed by atoms with E-state index in [4.69, 9.17) is 5.73 Å². The van der Waals surface area contributed by atoms with Crippen LogP contribution in [-0.4, -0.2) is 24.9 Å². The van der Waals surface area contributed by atoms with Crippen LogP contribution in [0.5, 0.6) is 0 Å². The maximum Gasteiger partial charge on any atom is 0.289 e. The number of hydrogen-bond acceptors (Lipinski definition) is 7. The summed E-state index contributed by atoms with van der Waals surface area (Å²) in [5.41, 5.74) is 7.54. The smallest absolute Gasteiger partial charge is 0.289 e. The largest absolute Gasteiger partial charge is 0.399 e. The molecule has 0 aliphatic rings. The fourth-order valence-corrected chi connectivity index (χ4v) is 3.48. The van der Waals surface area contributed by atoms with E-state index in [0.29, 0.717) is 6.42 Å².